The fourth-order valence-electron chi connectivity index (χ4n) is 2.58. The van der Waals surface area contributed by atoms with Gasteiger partial charge in [0.05, 0.1) is 12.2 Å². The first-order chi connectivity index (χ1) is 9.96. The Labute approximate surface area is 123 Å². The molecule has 3 rings (SSSR count). The van der Waals surface area contributed by atoms with Gasteiger partial charge >= 0.3 is 0 Å². The largest absolute Gasteiger partial charge is 0.382 e. The third-order valence-electron chi connectivity index (χ3n) is 3.75. The van der Waals surface area contributed by atoms with Crippen molar-refractivity contribution in [1.29, 1.82) is 0 Å². The van der Waals surface area contributed by atoms with E-state index < -0.39 is 10.0 Å². The number of hydrogen-bond acceptors (Lipinski definition) is 5. The van der Waals surface area contributed by atoms with E-state index in [2.05, 4.69) is 10.2 Å². The molecule has 0 radical (unpaired) electrons. The Kier molecular flexibility index (Phi) is 3.46. The number of sulfonamides is 1. The molecule has 21 heavy (non-hydrogen) atoms. The molecule has 0 spiro atoms. The van der Waals surface area contributed by atoms with Crippen LogP contribution in [0.1, 0.15) is 18.9 Å². The number of piperidine rings is 1. The lowest BCUT2D eigenvalue weighted by Crippen LogP contribution is -2.39. The molecular weight excluding hydrogens is 292 g/mol. The van der Waals surface area contributed by atoms with E-state index in [9.17, 15) is 8.42 Å². The Morgan fingerprint density at radius 3 is 2.57 bits per heavy atom. The summed E-state index contributed by atoms with van der Waals surface area (Å²) in [6.45, 7) is 0.948. The number of aromatic nitrogens is 4. The zero-order valence-corrected chi connectivity index (χ0v) is 12.6. The van der Waals surface area contributed by atoms with E-state index in [4.69, 9.17) is 5.73 Å². The van der Waals surface area contributed by atoms with Crippen LogP contribution >= 0.6 is 0 Å². The molecule has 0 unspecified atom stereocenters. The highest BCUT2D eigenvalue weighted by atomic mass is 32.2. The highest BCUT2D eigenvalue weighted by Gasteiger charge is 2.31. The summed E-state index contributed by atoms with van der Waals surface area (Å²) in [6.07, 6.45) is 6.19. The Morgan fingerprint density at radius 2 is 2.05 bits per heavy atom. The van der Waals surface area contributed by atoms with Crippen LogP contribution in [-0.4, -0.2) is 45.4 Å². The molecule has 2 aromatic rings. The molecule has 1 saturated heterocycles. The summed E-state index contributed by atoms with van der Waals surface area (Å²) in [6, 6.07) is 1.95. The molecule has 114 valence electrons. The minimum Gasteiger partial charge on any atom is -0.382 e. The maximum absolute atomic E-state index is 12.5. The third kappa shape index (κ3) is 2.66. The van der Waals surface area contributed by atoms with Crippen molar-refractivity contribution in [1.82, 2.24) is 23.9 Å². The second-order valence-electron chi connectivity index (χ2n) is 5.21. The molecule has 9 heteroatoms. The standard InChI is InChI=1S/C12H18N6O2S/c1-16-9-11(8-14-16)21(19,20)17-5-2-10(3-6-17)18-7-4-12(13)15-18/h4,7-10H,2-3,5-6H2,1H3,(H2,13,15). The minimum atomic E-state index is -3.45. The number of aryl methyl sites for hydroxylation is 1. The first-order valence-corrected chi connectivity index (χ1v) is 8.20. The van der Waals surface area contributed by atoms with Crippen molar-refractivity contribution in [3.8, 4) is 0 Å². The molecular formula is C12H18N6O2S. The van der Waals surface area contributed by atoms with E-state index in [0.29, 0.717) is 18.9 Å². The van der Waals surface area contributed by atoms with Crippen molar-refractivity contribution in [2.75, 3.05) is 18.8 Å². The molecule has 1 aliphatic heterocycles. The summed E-state index contributed by atoms with van der Waals surface area (Å²) < 4.78 is 29.8. The highest BCUT2D eigenvalue weighted by Crippen LogP contribution is 2.26. The van der Waals surface area contributed by atoms with Gasteiger partial charge in [-0.2, -0.15) is 14.5 Å². The quantitative estimate of drug-likeness (QED) is 0.874. The van der Waals surface area contributed by atoms with Gasteiger partial charge < -0.3 is 5.73 Å². The molecule has 0 atom stereocenters. The van der Waals surface area contributed by atoms with Gasteiger partial charge in [0, 0.05) is 32.5 Å². The normalized spacial score (nSPS) is 18.1. The summed E-state index contributed by atoms with van der Waals surface area (Å²) >= 11 is 0. The predicted octanol–water partition coefficient (Wildman–Crippen LogP) is 0.225. The van der Waals surface area contributed by atoms with Crippen LogP contribution in [-0.2, 0) is 17.1 Å². The first-order valence-electron chi connectivity index (χ1n) is 6.76. The zero-order chi connectivity index (χ0) is 15.0. The van der Waals surface area contributed by atoms with Gasteiger partial charge in [0.2, 0.25) is 10.0 Å². The molecule has 2 aromatic heterocycles. The average Bonchev–Trinajstić information content (AvgIpc) is 3.08. The fraction of sp³-hybridized carbons (Fsp3) is 0.500. The van der Waals surface area contributed by atoms with Gasteiger partial charge in [-0.1, -0.05) is 0 Å². The van der Waals surface area contributed by atoms with Crippen molar-refractivity contribution >= 4 is 15.8 Å². The Morgan fingerprint density at radius 1 is 1.33 bits per heavy atom. The SMILES string of the molecule is Cn1cc(S(=O)(=O)N2CCC(n3ccc(N)n3)CC2)cn1. The summed E-state index contributed by atoms with van der Waals surface area (Å²) in [5, 5.41) is 8.12. The minimum absolute atomic E-state index is 0.197. The lowest BCUT2D eigenvalue weighted by molar-refractivity contribution is 0.261. The lowest BCUT2D eigenvalue weighted by Gasteiger charge is -2.30. The Balaban J connectivity index is 1.71. The van der Waals surface area contributed by atoms with Gasteiger partial charge in [-0.05, 0) is 18.9 Å². The summed E-state index contributed by atoms with van der Waals surface area (Å²) in [5.41, 5.74) is 5.61. The van der Waals surface area contributed by atoms with Gasteiger partial charge in [-0.3, -0.25) is 9.36 Å². The second kappa shape index (κ2) is 5.15. The van der Waals surface area contributed by atoms with Gasteiger partial charge in [-0.15, -0.1) is 0 Å². The van der Waals surface area contributed by atoms with Crippen LogP contribution < -0.4 is 5.73 Å². The van der Waals surface area contributed by atoms with Gasteiger partial charge in [-0.25, -0.2) is 8.42 Å². The van der Waals surface area contributed by atoms with E-state index >= 15 is 0 Å². The molecule has 0 bridgehead atoms. The van der Waals surface area contributed by atoms with Gasteiger partial charge in [0.15, 0.2) is 0 Å². The second-order valence-corrected chi connectivity index (χ2v) is 7.14. The molecule has 0 aromatic carbocycles. The summed E-state index contributed by atoms with van der Waals surface area (Å²) in [5.74, 6) is 0.486. The van der Waals surface area contributed by atoms with Crippen molar-refractivity contribution in [2.45, 2.75) is 23.8 Å². The monoisotopic (exact) mass is 310 g/mol. The average molecular weight is 310 g/mol. The van der Waals surface area contributed by atoms with Crippen LogP contribution in [0.5, 0.6) is 0 Å². The first kappa shape index (κ1) is 14.1. The van der Waals surface area contributed by atoms with Gasteiger partial charge in [0.1, 0.15) is 10.7 Å². The lowest BCUT2D eigenvalue weighted by atomic mass is 10.1. The van der Waals surface area contributed by atoms with Crippen molar-refractivity contribution in [3.05, 3.63) is 24.7 Å². The Hall–Kier alpha value is -1.87. The maximum Gasteiger partial charge on any atom is 0.246 e. The number of nitrogens with zero attached hydrogens (tertiary/aromatic N) is 5. The van der Waals surface area contributed by atoms with Crippen molar-refractivity contribution in [3.63, 3.8) is 0 Å². The van der Waals surface area contributed by atoms with Crippen LogP contribution in [0.4, 0.5) is 5.82 Å². The van der Waals surface area contributed by atoms with Crippen molar-refractivity contribution < 1.29 is 8.42 Å². The topological polar surface area (TPSA) is 99.0 Å². The number of hydrogen-bond donors (Lipinski definition) is 1. The van der Waals surface area contributed by atoms with E-state index in [1.807, 2.05) is 10.9 Å². The third-order valence-corrected chi connectivity index (χ3v) is 5.60. The fourth-order valence-corrected chi connectivity index (χ4v) is 4.04. The zero-order valence-electron chi connectivity index (χ0n) is 11.8. The van der Waals surface area contributed by atoms with Crippen LogP contribution in [0.3, 0.4) is 0 Å². The van der Waals surface area contributed by atoms with E-state index in [-0.39, 0.29) is 10.9 Å². The van der Waals surface area contributed by atoms with E-state index in [0.717, 1.165) is 12.8 Å². The van der Waals surface area contributed by atoms with E-state index in [1.54, 1.807) is 13.1 Å². The smallest absolute Gasteiger partial charge is 0.246 e. The number of anilines is 1. The van der Waals surface area contributed by atoms with Crippen LogP contribution in [0, 0.1) is 0 Å². The number of nitrogens with two attached hydrogens (primary N) is 1. The highest BCUT2D eigenvalue weighted by molar-refractivity contribution is 7.89. The molecule has 1 aliphatic rings. The Bertz CT molecular complexity index is 727. The molecule has 3 heterocycles. The number of nitrogen functional groups attached to an aromatic ring is 1. The molecule has 0 amide bonds. The molecule has 1 fully saturated rings. The summed E-state index contributed by atoms with van der Waals surface area (Å²) in [4.78, 5) is 0.242. The van der Waals surface area contributed by atoms with Crippen LogP contribution in [0.2, 0.25) is 0 Å². The number of rotatable bonds is 3. The maximum atomic E-state index is 12.5. The van der Waals surface area contributed by atoms with Gasteiger partial charge in [0.25, 0.3) is 0 Å². The van der Waals surface area contributed by atoms with Crippen molar-refractivity contribution in [2.24, 2.45) is 7.05 Å². The molecule has 0 aliphatic carbocycles. The van der Waals surface area contributed by atoms with Crippen LogP contribution in [0.15, 0.2) is 29.6 Å². The van der Waals surface area contributed by atoms with Crippen LogP contribution in [0.25, 0.3) is 0 Å². The summed E-state index contributed by atoms with van der Waals surface area (Å²) in [7, 11) is -1.74. The van der Waals surface area contributed by atoms with E-state index in [1.165, 1.54) is 21.4 Å². The molecule has 2 N–H and O–H groups in total. The molecule has 0 saturated carbocycles. The molecule has 8 nitrogen and oxygen atoms in total. The predicted molar refractivity (Wildman–Crippen MR) is 76.9 cm³/mol.